The van der Waals surface area contributed by atoms with Crippen molar-refractivity contribution in [3.05, 3.63) is 35.7 Å². The van der Waals surface area contributed by atoms with Gasteiger partial charge in [-0.1, -0.05) is 0 Å². The molecule has 6 rings (SSSR count). The molecule has 0 spiro atoms. The second-order valence-corrected chi connectivity index (χ2v) is 7.76. The summed E-state index contributed by atoms with van der Waals surface area (Å²) in [6, 6.07) is 1.73. The van der Waals surface area contributed by atoms with Crippen molar-refractivity contribution < 1.29 is 18.3 Å². The largest absolute Gasteiger partial charge is 0.507 e. The first-order valence-corrected chi connectivity index (χ1v) is 8.89. The highest BCUT2D eigenvalue weighted by atomic mass is 19.4. The highest BCUT2D eigenvalue weighted by Gasteiger charge is 2.52. The molecule has 1 N–H and O–H groups in total. The van der Waals surface area contributed by atoms with Gasteiger partial charge in [0.1, 0.15) is 11.3 Å². The molecule has 8 heteroatoms. The fraction of sp³-hybridized carbons (Fsp3) is 0.421. The van der Waals surface area contributed by atoms with E-state index in [0.29, 0.717) is 16.9 Å². The van der Waals surface area contributed by atoms with E-state index in [1.165, 1.54) is 19.5 Å². The van der Waals surface area contributed by atoms with Gasteiger partial charge >= 0.3 is 6.18 Å². The zero-order valence-electron chi connectivity index (χ0n) is 14.6. The van der Waals surface area contributed by atoms with Gasteiger partial charge in [-0.25, -0.2) is 9.97 Å². The SMILES string of the molecule is Cc1cc(C(F)(F)F)cc(O)c1-c1cnc2cn(C34CCC(C3)C4)nc2n1. The molecule has 27 heavy (non-hydrogen) atoms. The number of hydrogen-bond donors (Lipinski definition) is 1. The first kappa shape index (κ1) is 16.5. The predicted molar refractivity (Wildman–Crippen MR) is 92.1 cm³/mol. The Hall–Kier alpha value is -2.64. The minimum atomic E-state index is -4.52. The average Bonchev–Trinajstić information content (AvgIpc) is 3.26. The molecule has 0 unspecified atom stereocenters. The Labute approximate surface area is 152 Å². The molecule has 3 saturated carbocycles. The van der Waals surface area contributed by atoms with E-state index in [4.69, 9.17) is 0 Å². The highest BCUT2D eigenvalue weighted by Crippen LogP contribution is 2.56. The van der Waals surface area contributed by atoms with E-state index in [-0.39, 0.29) is 16.7 Å². The zero-order valence-corrected chi connectivity index (χ0v) is 14.6. The van der Waals surface area contributed by atoms with Crippen LogP contribution < -0.4 is 0 Å². The zero-order chi connectivity index (χ0) is 19.0. The van der Waals surface area contributed by atoms with E-state index in [2.05, 4.69) is 15.1 Å². The summed E-state index contributed by atoms with van der Waals surface area (Å²) in [5.74, 6) is 0.326. The number of halogens is 3. The Morgan fingerprint density at radius 1 is 1.26 bits per heavy atom. The van der Waals surface area contributed by atoms with Crippen molar-refractivity contribution in [1.82, 2.24) is 19.7 Å². The van der Waals surface area contributed by atoms with Crippen molar-refractivity contribution in [2.24, 2.45) is 5.92 Å². The lowest BCUT2D eigenvalue weighted by Crippen LogP contribution is -2.39. The van der Waals surface area contributed by atoms with Crippen LogP contribution in [0, 0.1) is 12.8 Å². The van der Waals surface area contributed by atoms with Crippen LogP contribution >= 0.6 is 0 Å². The Balaban J connectivity index is 1.58. The molecule has 2 heterocycles. The molecule has 5 nitrogen and oxygen atoms in total. The molecule has 3 aromatic rings. The number of phenols is 1. The Kier molecular flexibility index (Phi) is 3.19. The first-order valence-electron chi connectivity index (χ1n) is 8.89. The first-order chi connectivity index (χ1) is 12.7. The second kappa shape index (κ2) is 5.21. The van der Waals surface area contributed by atoms with E-state index in [9.17, 15) is 18.3 Å². The molecule has 0 aliphatic heterocycles. The molecule has 0 saturated heterocycles. The van der Waals surface area contributed by atoms with Crippen molar-refractivity contribution in [2.45, 2.75) is 44.3 Å². The van der Waals surface area contributed by atoms with Gasteiger partial charge in [0.05, 0.1) is 29.2 Å². The van der Waals surface area contributed by atoms with Gasteiger partial charge in [-0.3, -0.25) is 4.68 Å². The molecular formula is C19H17F3N4O. The van der Waals surface area contributed by atoms with Crippen LogP contribution in [0.1, 0.15) is 36.8 Å². The number of phenolic OH excluding ortho intramolecular Hbond substituents is 1. The summed E-state index contributed by atoms with van der Waals surface area (Å²) in [5, 5.41) is 14.8. The number of benzene rings is 1. The lowest BCUT2D eigenvalue weighted by molar-refractivity contribution is -0.137. The van der Waals surface area contributed by atoms with Crippen LogP contribution in [0.3, 0.4) is 0 Å². The fourth-order valence-electron chi connectivity index (χ4n) is 4.63. The summed E-state index contributed by atoms with van der Waals surface area (Å²) in [5.41, 5.74) is 1.12. The molecule has 2 bridgehead atoms. The highest BCUT2D eigenvalue weighted by molar-refractivity contribution is 5.77. The maximum absolute atomic E-state index is 12.9. The van der Waals surface area contributed by atoms with E-state index >= 15 is 0 Å². The quantitative estimate of drug-likeness (QED) is 0.721. The lowest BCUT2D eigenvalue weighted by Gasteiger charge is -2.38. The minimum Gasteiger partial charge on any atom is -0.507 e. The standard InChI is InChI=1S/C19H17F3N4O/c1-10-4-12(19(20,21)22)5-15(27)16(10)13-8-23-14-9-26(25-17(14)24-13)18-3-2-11(6-18)7-18/h4-5,8-9,11,27H,2-3,6-7H2,1H3. The molecule has 3 aliphatic carbocycles. The van der Waals surface area contributed by atoms with Gasteiger partial charge in [-0.15, -0.1) is 0 Å². The molecule has 0 amide bonds. The van der Waals surface area contributed by atoms with Gasteiger partial charge in [-0.2, -0.15) is 18.3 Å². The van der Waals surface area contributed by atoms with Crippen molar-refractivity contribution in [1.29, 1.82) is 0 Å². The van der Waals surface area contributed by atoms with E-state index in [1.54, 1.807) is 0 Å². The third-order valence-electron chi connectivity index (χ3n) is 5.97. The maximum atomic E-state index is 12.9. The number of alkyl halides is 3. The van der Waals surface area contributed by atoms with E-state index in [1.807, 2.05) is 10.9 Å². The third kappa shape index (κ3) is 2.42. The van der Waals surface area contributed by atoms with Crippen LogP contribution in [-0.4, -0.2) is 24.9 Å². The Morgan fingerprint density at radius 2 is 2.04 bits per heavy atom. The Morgan fingerprint density at radius 3 is 2.67 bits per heavy atom. The van der Waals surface area contributed by atoms with Crippen molar-refractivity contribution in [3.8, 4) is 17.0 Å². The summed E-state index contributed by atoms with van der Waals surface area (Å²) in [6.45, 7) is 1.51. The number of aromatic hydroxyl groups is 1. The van der Waals surface area contributed by atoms with Crippen LogP contribution in [-0.2, 0) is 11.7 Å². The topological polar surface area (TPSA) is 63.8 Å². The van der Waals surface area contributed by atoms with Crippen LogP contribution in [0.2, 0.25) is 0 Å². The van der Waals surface area contributed by atoms with Crippen molar-refractivity contribution >= 4 is 11.2 Å². The number of fused-ring (bicyclic) bond motifs is 2. The summed E-state index contributed by atoms with van der Waals surface area (Å²) in [7, 11) is 0. The van der Waals surface area contributed by atoms with Gasteiger partial charge < -0.3 is 5.11 Å². The van der Waals surface area contributed by atoms with E-state index in [0.717, 1.165) is 37.3 Å². The van der Waals surface area contributed by atoms with Crippen molar-refractivity contribution in [3.63, 3.8) is 0 Å². The van der Waals surface area contributed by atoms with Crippen LogP contribution in [0.15, 0.2) is 24.5 Å². The maximum Gasteiger partial charge on any atom is 0.416 e. The van der Waals surface area contributed by atoms with Crippen LogP contribution in [0.25, 0.3) is 22.4 Å². The van der Waals surface area contributed by atoms with Gasteiger partial charge in [0.2, 0.25) is 0 Å². The number of hydrogen-bond acceptors (Lipinski definition) is 4. The number of aryl methyl sites for hydroxylation is 1. The molecule has 0 atom stereocenters. The van der Waals surface area contributed by atoms with Gasteiger partial charge in [0, 0.05) is 5.56 Å². The summed E-state index contributed by atoms with van der Waals surface area (Å²) < 4.78 is 40.7. The van der Waals surface area contributed by atoms with Gasteiger partial charge in [-0.05, 0) is 56.2 Å². The molecular weight excluding hydrogens is 357 g/mol. The molecule has 0 radical (unpaired) electrons. The van der Waals surface area contributed by atoms with Crippen LogP contribution in [0.4, 0.5) is 13.2 Å². The van der Waals surface area contributed by atoms with Crippen molar-refractivity contribution in [2.75, 3.05) is 0 Å². The molecule has 3 aliphatic rings. The number of nitrogens with zero attached hydrogens (tertiary/aromatic N) is 4. The van der Waals surface area contributed by atoms with Crippen LogP contribution in [0.5, 0.6) is 5.75 Å². The van der Waals surface area contributed by atoms with Gasteiger partial charge in [0.15, 0.2) is 5.65 Å². The minimum absolute atomic E-state index is 0.0830. The predicted octanol–water partition coefficient (Wildman–Crippen LogP) is 4.43. The number of rotatable bonds is 2. The molecule has 140 valence electrons. The molecule has 3 fully saturated rings. The normalized spacial score (nSPS) is 24.4. The number of aromatic nitrogens is 4. The third-order valence-corrected chi connectivity index (χ3v) is 5.97. The monoisotopic (exact) mass is 374 g/mol. The van der Waals surface area contributed by atoms with Gasteiger partial charge in [0.25, 0.3) is 0 Å². The Bertz CT molecular complexity index is 1040. The molecule has 1 aromatic carbocycles. The lowest BCUT2D eigenvalue weighted by atomic mass is 9.77. The summed E-state index contributed by atoms with van der Waals surface area (Å²) >= 11 is 0. The second-order valence-electron chi connectivity index (χ2n) is 7.76. The summed E-state index contributed by atoms with van der Waals surface area (Å²) in [4.78, 5) is 8.84. The summed E-state index contributed by atoms with van der Waals surface area (Å²) in [6.07, 6.45) is 3.45. The molecule has 2 aromatic heterocycles. The smallest absolute Gasteiger partial charge is 0.416 e. The van der Waals surface area contributed by atoms with E-state index < -0.39 is 17.5 Å². The average molecular weight is 374 g/mol. The fourth-order valence-corrected chi connectivity index (χ4v) is 4.63.